The summed E-state index contributed by atoms with van der Waals surface area (Å²) < 4.78 is 4.82. The quantitative estimate of drug-likeness (QED) is 0.403. The highest BCUT2D eigenvalue weighted by atomic mass is 16.5. The Balaban J connectivity index is 2.34. The maximum atomic E-state index is 11.2. The van der Waals surface area contributed by atoms with Crippen molar-refractivity contribution in [1.29, 1.82) is 0 Å². The summed E-state index contributed by atoms with van der Waals surface area (Å²) in [6, 6.07) is 0. The Morgan fingerprint density at radius 1 is 1.75 bits per heavy atom. The molecule has 2 aliphatic rings. The molecule has 0 amide bonds. The van der Waals surface area contributed by atoms with E-state index in [4.69, 9.17) is 12.6 Å². The number of rotatable bonds is 0. The molecule has 1 saturated carbocycles. The van der Waals surface area contributed by atoms with Crippen molar-refractivity contribution in [3.63, 3.8) is 0 Å². The average molecular weight is 166 g/mol. The molecular weight excluding hydrogens is 155 g/mol. The van der Waals surface area contributed by atoms with Crippen molar-refractivity contribution < 1.29 is 14.6 Å². The SMILES string of the molecule is [B]C12C(=O)OC[C@H]1C[C@H](C)[C@@H]2O. The predicted octanol–water partition coefficient (Wildman–Crippen LogP) is -0.113. The number of aliphatic hydroxyl groups is 1. The van der Waals surface area contributed by atoms with Gasteiger partial charge in [0.05, 0.1) is 25.9 Å². The first-order valence-electron chi connectivity index (χ1n) is 4.21. The summed E-state index contributed by atoms with van der Waals surface area (Å²) in [5.74, 6) is -0.327. The van der Waals surface area contributed by atoms with E-state index in [0.29, 0.717) is 6.61 Å². The summed E-state index contributed by atoms with van der Waals surface area (Å²) in [6.07, 6.45) is 0.0427. The Bertz CT molecular complexity index is 226. The first kappa shape index (κ1) is 8.11. The molecule has 2 radical (unpaired) electrons. The number of esters is 1. The Kier molecular flexibility index (Phi) is 1.52. The molecule has 2 rings (SSSR count). The maximum Gasteiger partial charge on any atom is 0.306 e. The summed E-state index contributed by atoms with van der Waals surface area (Å²) in [4.78, 5) is 11.2. The van der Waals surface area contributed by atoms with Crippen molar-refractivity contribution in [2.45, 2.75) is 24.8 Å². The van der Waals surface area contributed by atoms with Gasteiger partial charge in [0.2, 0.25) is 0 Å². The van der Waals surface area contributed by atoms with E-state index in [2.05, 4.69) is 0 Å². The van der Waals surface area contributed by atoms with E-state index in [-0.39, 0.29) is 11.8 Å². The zero-order valence-electron chi connectivity index (χ0n) is 6.99. The Morgan fingerprint density at radius 3 is 3.00 bits per heavy atom. The second kappa shape index (κ2) is 2.25. The van der Waals surface area contributed by atoms with Crippen LogP contribution < -0.4 is 0 Å². The van der Waals surface area contributed by atoms with Crippen LogP contribution in [0.4, 0.5) is 0 Å². The normalized spacial score (nSPS) is 52.2. The lowest BCUT2D eigenvalue weighted by Crippen LogP contribution is -2.34. The third kappa shape index (κ3) is 0.737. The van der Waals surface area contributed by atoms with E-state index >= 15 is 0 Å². The largest absolute Gasteiger partial charge is 0.465 e. The van der Waals surface area contributed by atoms with Crippen LogP contribution >= 0.6 is 0 Å². The molecule has 1 heterocycles. The monoisotopic (exact) mass is 166 g/mol. The van der Waals surface area contributed by atoms with Crippen LogP contribution in [0.5, 0.6) is 0 Å². The first-order valence-corrected chi connectivity index (χ1v) is 4.21. The summed E-state index contributed by atoms with van der Waals surface area (Å²) in [5.41, 5.74) is 0. The molecule has 1 aliphatic heterocycles. The molecule has 1 saturated heterocycles. The van der Waals surface area contributed by atoms with Crippen LogP contribution in [0.2, 0.25) is 5.31 Å². The van der Waals surface area contributed by atoms with Gasteiger partial charge in [-0.15, -0.1) is 0 Å². The molecule has 2 fully saturated rings. The minimum Gasteiger partial charge on any atom is -0.465 e. The third-order valence-corrected chi connectivity index (χ3v) is 3.13. The second-order valence-electron chi connectivity index (χ2n) is 3.89. The molecule has 0 aromatic heterocycles. The van der Waals surface area contributed by atoms with Gasteiger partial charge >= 0.3 is 5.97 Å². The number of fused-ring (bicyclic) bond motifs is 1. The van der Waals surface area contributed by atoms with Gasteiger partial charge in [0.1, 0.15) is 0 Å². The lowest BCUT2D eigenvalue weighted by atomic mass is 9.62. The van der Waals surface area contributed by atoms with E-state index < -0.39 is 17.4 Å². The van der Waals surface area contributed by atoms with Gasteiger partial charge in [0.15, 0.2) is 0 Å². The Labute approximate surface area is 72.5 Å². The van der Waals surface area contributed by atoms with E-state index in [1.807, 2.05) is 6.92 Å². The fourth-order valence-electron chi connectivity index (χ4n) is 2.28. The fourth-order valence-corrected chi connectivity index (χ4v) is 2.28. The highest BCUT2D eigenvalue weighted by molar-refractivity contribution is 6.28. The minimum atomic E-state index is -1.11. The van der Waals surface area contributed by atoms with E-state index in [9.17, 15) is 9.90 Å². The molecule has 0 aromatic rings. The van der Waals surface area contributed by atoms with Gasteiger partial charge in [-0.3, -0.25) is 4.79 Å². The molecule has 4 heteroatoms. The number of hydrogen-bond acceptors (Lipinski definition) is 3. The summed E-state index contributed by atoms with van der Waals surface area (Å²) in [5, 5.41) is 8.56. The number of hydrogen-bond donors (Lipinski definition) is 1. The highest BCUT2D eigenvalue weighted by Crippen LogP contribution is 2.54. The molecule has 12 heavy (non-hydrogen) atoms. The summed E-state index contributed by atoms with van der Waals surface area (Å²) >= 11 is 0. The molecule has 1 unspecified atom stereocenters. The second-order valence-corrected chi connectivity index (χ2v) is 3.89. The molecule has 0 spiro atoms. The van der Waals surface area contributed by atoms with Crippen molar-refractivity contribution in [3.8, 4) is 0 Å². The molecule has 0 bridgehead atoms. The first-order chi connectivity index (χ1) is 5.56. The number of carbonyl (C=O) groups is 1. The van der Waals surface area contributed by atoms with Crippen molar-refractivity contribution >= 4 is 13.8 Å². The number of cyclic esters (lactones) is 1. The van der Waals surface area contributed by atoms with Crippen LogP contribution in [0.3, 0.4) is 0 Å². The van der Waals surface area contributed by atoms with Gasteiger partial charge in [-0.25, -0.2) is 0 Å². The molecule has 1 N–H and O–H groups in total. The number of carbonyl (C=O) groups excluding carboxylic acids is 1. The summed E-state index contributed by atoms with van der Waals surface area (Å²) in [7, 11) is 5.82. The Hall–Kier alpha value is -0.505. The fraction of sp³-hybridized carbons (Fsp3) is 0.875. The zero-order chi connectivity index (χ0) is 8.93. The van der Waals surface area contributed by atoms with Gasteiger partial charge in [-0.1, -0.05) is 6.92 Å². The highest BCUT2D eigenvalue weighted by Gasteiger charge is 2.58. The lowest BCUT2D eigenvalue weighted by molar-refractivity contribution is -0.143. The van der Waals surface area contributed by atoms with E-state index in [1.165, 1.54) is 0 Å². The van der Waals surface area contributed by atoms with Crippen LogP contribution in [0.15, 0.2) is 0 Å². The smallest absolute Gasteiger partial charge is 0.306 e. The topological polar surface area (TPSA) is 46.5 Å². The lowest BCUT2D eigenvalue weighted by Gasteiger charge is -2.24. The van der Waals surface area contributed by atoms with Crippen LogP contribution in [0, 0.1) is 11.8 Å². The van der Waals surface area contributed by atoms with Crippen molar-refractivity contribution in [2.75, 3.05) is 6.61 Å². The van der Waals surface area contributed by atoms with Gasteiger partial charge in [0.25, 0.3) is 0 Å². The third-order valence-electron chi connectivity index (χ3n) is 3.13. The minimum absolute atomic E-state index is 0.00926. The van der Waals surface area contributed by atoms with Gasteiger partial charge in [-0.05, 0) is 12.3 Å². The predicted molar refractivity (Wildman–Crippen MR) is 42.7 cm³/mol. The molecule has 4 atom stereocenters. The number of ether oxygens (including phenoxy) is 1. The van der Waals surface area contributed by atoms with Gasteiger partial charge in [-0.2, -0.15) is 0 Å². The van der Waals surface area contributed by atoms with E-state index in [1.54, 1.807) is 0 Å². The standard InChI is InChI=1S/C8H11BO3/c1-4-2-5-3-12-7(11)8(5,9)6(4)10/h4-6,10H,2-3H2,1H3/t4-,5+,6-,8?/m0/s1. The van der Waals surface area contributed by atoms with Crippen LogP contribution in [-0.4, -0.2) is 31.6 Å². The van der Waals surface area contributed by atoms with Crippen molar-refractivity contribution in [3.05, 3.63) is 0 Å². The Morgan fingerprint density at radius 2 is 2.42 bits per heavy atom. The van der Waals surface area contributed by atoms with Crippen LogP contribution in [-0.2, 0) is 9.53 Å². The molecule has 3 nitrogen and oxygen atoms in total. The molecule has 64 valence electrons. The van der Waals surface area contributed by atoms with Gasteiger partial charge in [0, 0.05) is 5.92 Å². The van der Waals surface area contributed by atoms with Crippen molar-refractivity contribution in [2.24, 2.45) is 11.8 Å². The molecule has 1 aliphatic carbocycles. The van der Waals surface area contributed by atoms with E-state index in [0.717, 1.165) is 6.42 Å². The molecule has 0 aromatic carbocycles. The number of aliphatic hydroxyl groups excluding tert-OH is 1. The average Bonchev–Trinajstić information content (AvgIpc) is 2.41. The molecular formula is C8H11BO3. The maximum absolute atomic E-state index is 11.2. The zero-order valence-corrected chi connectivity index (χ0v) is 6.99. The summed E-state index contributed by atoms with van der Waals surface area (Å²) in [6.45, 7) is 2.28. The van der Waals surface area contributed by atoms with Crippen molar-refractivity contribution in [1.82, 2.24) is 0 Å². The van der Waals surface area contributed by atoms with Gasteiger partial charge < -0.3 is 9.84 Å². The van der Waals surface area contributed by atoms with Crippen LogP contribution in [0.1, 0.15) is 13.3 Å². The van der Waals surface area contributed by atoms with Crippen LogP contribution in [0.25, 0.3) is 0 Å².